The molecule has 1 saturated heterocycles. The Kier molecular flexibility index (Phi) is 4.24. The predicted molar refractivity (Wildman–Crippen MR) is 77.1 cm³/mol. The zero-order valence-corrected chi connectivity index (χ0v) is 12.3. The van der Waals surface area contributed by atoms with E-state index in [1.54, 1.807) is 4.90 Å². The summed E-state index contributed by atoms with van der Waals surface area (Å²) in [6.07, 6.45) is 0. The van der Waals surface area contributed by atoms with Gasteiger partial charge in [0.1, 0.15) is 0 Å². The number of nitrogens with zero attached hydrogens (tertiary/aromatic N) is 2. The summed E-state index contributed by atoms with van der Waals surface area (Å²) in [5.74, 6) is 0. The molecular weight excluding hydrogens is 294 g/mol. The van der Waals surface area contributed by atoms with Crippen LogP contribution >= 0.6 is 15.9 Å². The van der Waals surface area contributed by atoms with Crippen molar-refractivity contribution in [3.8, 4) is 0 Å². The highest BCUT2D eigenvalue weighted by atomic mass is 79.9. The Hall–Kier alpha value is -1.07. The smallest absolute Gasteiger partial charge is 0.322 e. The molecule has 1 aromatic carbocycles. The van der Waals surface area contributed by atoms with Crippen molar-refractivity contribution < 1.29 is 4.79 Å². The molecule has 18 heavy (non-hydrogen) atoms. The van der Waals surface area contributed by atoms with E-state index in [0.717, 1.165) is 41.9 Å². The number of carbonyl (C=O) groups excluding carboxylic acids is 1. The molecule has 0 atom stereocenters. The maximum Gasteiger partial charge on any atom is 0.324 e. The fourth-order valence-corrected chi connectivity index (χ4v) is 2.46. The maximum atomic E-state index is 12.4. The summed E-state index contributed by atoms with van der Waals surface area (Å²) in [5, 5.41) is 3.25. The lowest BCUT2D eigenvalue weighted by Crippen LogP contribution is -2.50. The van der Waals surface area contributed by atoms with Crippen molar-refractivity contribution in [2.45, 2.75) is 6.92 Å². The number of anilines is 1. The molecule has 0 unspecified atom stereocenters. The molecule has 1 aliphatic rings. The monoisotopic (exact) mass is 311 g/mol. The molecule has 2 amide bonds. The van der Waals surface area contributed by atoms with Crippen molar-refractivity contribution in [2.75, 3.05) is 38.1 Å². The Labute approximate surface area is 116 Å². The van der Waals surface area contributed by atoms with Crippen LogP contribution in [0.4, 0.5) is 10.5 Å². The first-order valence-electron chi connectivity index (χ1n) is 6.09. The van der Waals surface area contributed by atoms with Gasteiger partial charge in [0, 0.05) is 43.4 Å². The van der Waals surface area contributed by atoms with Gasteiger partial charge in [-0.15, -0.1) is 0 Å². The van der Waals surface area contributed by atoms with Gasteiger partial charge in [-0.3, -0.25) is 4.90 Å². The van der Waals surface area contributed by atoms with Crippen LogP contribution in [0.3, 0.4) is 0 Å². The van der Waals surface area contributed by atoms with Gasteiger partial charge >= 0.3 is 6.03 Å². The molecule has 5 heteroatoms. The number of urea groups is 1. The highest BCUT2D eigenvalue weighted by Crippen LogP contribution is 2.24. The minimum absolute atomic E-state index is 0.0673. The van der Waals surface area contributed by atoms with Crippen LogP contribution in [0.15, 0.2) is 22.7 Å². The van der Waals surface area contributed by atoms with E-state index in [1.165, 1.54) is 0 Å². The van der Waals surface area contributed by atoms with Crippen LogP contribution in [0, 0.1) is 6.92 Å². The Morgan fingerprint density at radius 2 is 2.06 bits per heavy atom. The largest absolute Gasteiger partial charge is 0.324 e. The van der Waals surface area contributed by atoms with Gasteiger partial charge in [0.15, 0.2) is 0 Å². The van der Waals surface area contributed by atoms with Gasteiger partial charge in [-0.2, -0.15) is 0 Å². The van der Waals surface area contributed by atoms with Crippen molar-refractivity contribution in [3.63, 3.8) is 0 Å². The van der Waals surface area contributed by atoms with Gasteiger partial charge in [0.25, 0.3) is 0 Å². The van der Waals surface area contributed by atoms with Crippen molar-refractivity contribution >= 4 is 27.6 Å². The van der Waals surface area contributed by atoms with Gasteiger partial charge in [-0.25, -0.2) is 4.79 Å². The first-order chi connectivity index (χ1) is 8.59. The average Bonchev–Trinajstić information content (AvgIpc) is 2.41. The first kappa shape index (κ1) is 13.4. The number of benzene rings is 1. The number of hydrogen-bond acceptors (Lipinski definition) is 2. The highest BCUT2D eigenvalue weighted by molar-refractivity contribution is 9.10. The van der Waals surface area contributed by atoms with E-state index >= 15 is 0 Å². The lowest BCUT2D eigenvalue weighted by atomic mass is 10.2. The first-order valence-corrected chi connectivity index (χ1v) is 6.88. The van der Waals surface area contributed by atoms with E-state index in [-0.39, 0.29) is 6.03 Å². The molecule has 0 saturated carbocycles. The van der Waals surface area contributed by atoms with Crippen molar-refractivity contribution in [1.82, 2.24) is 10.2 Å². The third kappa shape index (κ3) is 2.84. The zero-order chi connectivity index (χ0) is 13.1. The fraction of sp³-hybridized carbons (Fsp3) is 0.462. The molecule has 98 valence electrons. The van der Waals surface area contributed by atoms with Gasteiger partial charge in [0.2, 0.25) is 0 Å². The summed E-state index contributed by atoms with van der Waals surface area (Å²) in [6.45, 7) is 5.31. The van der Waals surface area contributed by atoms with Gasteiger partial charge < -0.3 is 10.2 Å². The summed E-state index contributed by atoms with van der Waals surface area (Å²) in [7, 11) is 1.83. The molecule has 2 rings (SSSR count). The second-order valence-corrected chi connectivity index (χ2v) is 5.43. The summed E-state index contributed by atoms with van der Waals surface area (Å²) >= 11 is 3.45. The van der Waals surface area contributed by atoms with E-state index in [2.05, 4.69) is 21.2 Å². The average molecular weight is 312 g/mol. The van der Waals surface area contributed by atoms with Crippen LogP contribution in [-0.4, -0.2) is 44.2 Å². The third-order valence-corrected chi connectivity index (χ3v) is 3.70. The predicted octanol–water partition coefficient (Wildman–Crippen LogP) is 2.22. The minimum atomic E-state index is 0.0673. The quantitative estimate of drug-likeness (QED) is 0.863. The molecule has 1 N–H and O–H groups in total. The minimum Gasteiger partial charge on any atom is -0.322 e. The molecule has 0 spiro atoms. The molecule has 0 aromatic heterocycles. The molecular formula is C13H18BrN3O. The number of aryl methyl sites for hydroxylation is 1. The molecule has 1 heterocycles. The van der Waals surface area contributed by atoms with Crippen molar-refractivity contribution in [2.24, 2.45) is 0 Å². The van der Waals surface area contributed by atoms with E-state index in [1.807, 2.05) is 37.1 Å². The van der Waals surface area contributed by atoms with Gasteiger partial charge in [0.05, 0.1) is 0 Å². The van der Waals surface area contributed by atoms with Crippen LogP contribution in [0.1, 0.15) is 5.56 Å². The number of halogens is 1. The number of rotatable bonds is 1. The molecule has 0 aliphatic carbocycles. The van der Waals surface area contributed by atoms with E-state index in [4.69, 9.17) is 0 Å². The number of hydrogen-bond donors (Lipinski definition) is 1. The number of amides is 2. The lowest BCUT2D eigenvalue weighted by Gasteiger charge is -2.32. The van der Waals surface area contributed by atoms with E-state index in [0.29, 0.717) is 0 Å². The summed E-state index contributed by atoms with van der Waals surface area (Å²) in [6, 6.07) is 6.05. The Morgan fingerprint density at radius 1 is 1.39 bits per heavy atom. The fourth-order valence-electron chi connectivity index (χ4n) is 2.12. The summed E-state index contributed by atoms with van der Waals surface area (Å²) in [5.41, 5.74) is 2.05. The van der Waals surface area contributed by atoms with Crippen LogP contribution in [0.25, 0.3) is 0 Å². The normalized spacial score (nSPS) is 15.6. The van der Waals surface area contributed by atoms with E-state index < -0.39 is 0 Å². The molecule has 1 aromatic rings. The van der Waals surface area contributed by atoms with Crippen LogP contribution < -0.4 is 10.2 Å². The molecule has 1 aliphatic heterocycles. The van der Waals surface area contributed by atoms with Crippen LogP contribution in [-0.2, 0) is 0 Å². The topological polar surface area (TPSA) is 35.6 Å². The summed E-state index contributed by atoms with van der Waals surface area (Å²) < 4.78 is 0.989. The highest BCUT2D eigenvalue weighted by Gasteiger charge is 2.21. The van der Waals surface area contributed by atoms with Crippen molar-refractivity contribution in [1.29, 1.82) is 0 Å². The lowest BCUT2D eigenvalue weighted by molar-refractivity contribution is 0.198. The number of nitrogens with one attached hydrogen (secondary N) is 1. The number of piperazine rings is 1. The molecule has 4 nitrogen and oxygen atoms in total. The SMILES string of the molecule is Cc1ccc(Br)cc1N(C)C(=O)N1CCNCC1. The Morgan fingerprint density at radius 3 is 2.72 bits per heavy atom. The third-order valence-electron chi connectivity index (χ3n) is 3.21. The van der Waals surface area contributed by atoms with Crippen LogP contribution in [0.2, 0.25) is 0 Å². The summed E-state index contributed by atoms with van der Waals surface area (Å²) in [4.78, 5) is 16.0. The molecule has 1 fully saturated rings. The second-order valence-electron chi connectivity index (χ2n) is 4.51. The maximum absolute atomic E-state index is 12.4. The molecule has 0 radical (unpaired) electrons. The second kappa shape index (κ2) is 5.71. The Balaban J connectivity index is 2.16. The molecule has 0 bridgehead atoms. The Bertz CT molecular complexity index is 444. The standard InChI is InChI=1S/C13H18BrN3O/c1-10-3-4-11(14)9-12(10)16(2)13(18)17-7-5-15-6-8-17/h3-4,9,15H,5-8H2,1-2H3. The van der Waals surface area contributed by atoms with Gasteiger partial charge in [-0.05, 0) is 24.6 Å². The van der Waals surface area contributed by atoms with Crippen LogP contribution in [0.5, 0.6) is 0 Å². The zero-order valence-electron chi connectivity index (χ0n) is 10.7. The van der Waals surface area contributed by atoms with Crippen molar-refractivity contribution in [3.05, 3.63) is 28.2 Å². The van der Waals surface area contributed by atoms with E-state index in [9.17, 15) is 4.79 Å². The number of carbonyl (C=O) groups is 1. The van der Waals surface area contributed by atoms with Gasteiger partial charge in [-0.1, -0.05) is 22.0 Å².